The van der Waals surface area contributed by atoms with Crippen LogP contribution in [0.2, 0.25) is 0 Å². The van der Waals surface area contributed by atoms with E-state index in [0.717, 1.165) is 6.08 Å². The summed E-state index contributed by atoms with van der Waals surface area (Å²) in [6, 6.07) is 0. The molecule has 0 heterocycles. The number of carbonyl (C=O) groups excluding carboxylic acids is 2. The molecule has 2 amide bonds. The van der Waals surface area contributed by atoms with Crippen LogP contribution < -0.4 is 10.6 Å². The average Bonchev–Trinajstić information content (AvgIpc) is 2.16. The Kier molecular flexibility index (Phi) is 6.75. The average molecular weight is 269 g/mol. The van der Waals surface area contributed by atoms with Crippen molar-refractivity contribution in [2.45, 2.75) is 0 Å². The normalized spacial score (nSPS) is 10.6. The summed E-state index contributed by atoms with van der Waals surface area (Å²) in [5, 5.41) is 4.49. The first-order chi connectivity index (χ1) is 7.41. The van der Waals surface area contributed by atoms with Gasteiger partial charge in [-0.15, -0.1) is 11.6 Å². The summed E-state index contributed by atoms with van der Waals surface area (Å²) < 4.78 is 22.3. The number of hydrogen-bond donors (Lipinski definition) is 2. The molecule has 0 rings (SSSR count). The Balaban J connectivity index is 3.92. The minimum Gasteiger partial charge on any atom is -0.338 e. The Bertz CT molecular complexity index is 366. The molecule has 6 nitrogen and oxygen atoms in total. The van der Waals surface area contributed by atoms with Crippen LogP contribution in [0.15, 0.2) is 12.7 Å². The van der Waals surface area contributed by atoms with Gasteiger partial charge in [-0.25, -0.2) is 8.42 Å². The van der Waals surface area contributed by atoms with E-state index >= 15 is 0 Å². The van der Waals surface area contributed by atoms with Gasteiger partial charge in [0.05, 0.1) is 12.4 Å². The molecule has 0 aromatic rings. The number of carbonyl (C=O) groups is 2. The highest BCUT2D eigenvalue weighted by molar-refractivity contribution is 7.92. The standard InChI is InChI=1S/C8H13ClN2O4S/c1-2-7(12)10-6-11-8(13)5-16(14,15)4-3-9/h2H,1,3-6H2,(H,10,12)(H,11,13). The SMILES string of the molecule is C=CC(=O)NCNC(=O)CS(=O)(=O)CCCl. The number of halogens is 1. The summed E-state index contributed by atoms with van der Waals surface area (Å²) in [5.41, 5.74) is 0. The Labute approximate surface area is 99.0 Å². The van der Waals surface area contributed by atoms with Gasteiger partial charge in [-0.3, -0.25) is 9.59 Å². The Morgan fingerprint density at radius 3 is 2.44 bits per heavy atom. The third kappa shape index (κ3) is 7.24. The van der Waals surface area contributed by atoms with Crippen LogP contribution in [0.5, 0.6) is 0 Å². The Hall–Kier alpha value is -1.08. The van der Waals surface area contributed by atoms with Crippen molar-refractivity contribution in [3.8, 4) is 0 Å². The second kappa shape index (κ2) is 7.24. The van der Waals surface area contributed by atoms with Crippen LogP contribution in [0.4, 0.5) is 0 Å². The van der Waals surface area contributed by atoms with Gasteiger partial charge < -0.3 is 10.6 Å². The Morgan fingerprint density at radius 1 is 1.31 bits per heavy atom. The molecule has 0 aliphatic carbocycles. The van der Waals surface area contributed by atoms with Gasteiger partial charge in [0.1, 0.15) is 5.75 Å². The summed E-state index contributed by atoms with van der Waals surface area (Å²) in [6.07, 6.45) is 1.04. The number of hydrogen-bond acceptors (Lipinski definition) is 4. The molecular formula is C8H13ClN2O4S. The number of rotatable bonds is 7. The second-order valence-electron chi connectivity index (χ2n) is 2.80. The molecule has 0 radical (unpaired) electrons. The lowest BCUT2D eigenvalue weighted by atomic mass is 10.6. The van der Waals surface area contributed by atoms with Crippen LogP contribution in [-0.4, -0.2) is 44.3 Å². The van der Waals surface area contributed by atoms with Crippen LogP contribution in [0.1, 0.15) is 0 Å². The zero-order valence-electron chi connectivity index (χ0n) is 8.53. The molecule has 8 heteroatoms. The van der Waals surface area contributed by atoms with Crippen molar-refractivity contribution in [1.82, 2.24) is 10.6 Å². The molecule has 2 N–H and O–H groups in total. The van der Waals surface area contributed by atoms with Gasteiger partial charge in [-0.1, -0.05) is 6.58 Å². The van der Waals surface area contributed by atoms with Crippen molar-refractivity contribution < 1.29 is 18.0 Å². The number of nitrogens with one attached hydrogen (secondary N) is 2. The van der Waals surface area contributed by atoms with Crippen LogP contribution >= 0.6 is 11.6 Å². The molecule has 0 aromatic heterocycles. The Morgan fingerprint density at radius 2 is 1.94 bits per heavy atom. The zero-order valence-corrected chi connectivity index (χ0v) is 10.1. The molecule has 0 saturated heterocycles. The minimum atomic E-state index is -3.46. The lowest BCUT2D eigenvalue weighted by Crippen LogP contribution is -2.39. The van der Waals surface area contributed by atoms with Crippen molar-refractivity contribution in [1.29, 1.82) is 0 Å². The molecule has 0 aliphatic rings. The predicted molar refractivity (Wildman–Crippen MR) is 60.7 cm³/mol. The smallest absolute Gasteiger partial charge is 0.244 e. The van der Waals surface area contributed by atoms with Gasteiger partial charge in [-0.05, 0) is 6.08 Å². The third-order valence-electron chi connectivity index (χ3n) is 1.47. The lowest BCUT2D eigenvalue weighted by Gasteiger charge is -2.05. The van der Waals surface area contributed by atoms with Gasteiger partial charge in [0.2, 0.25) is 11.8 Å². The third-order valence-corrected chi connectivity index (χ3v) is 3.41. The van der Waals surface area contributed by atoms with Crippen LogP contribution in [0, 0.1) is 0 Å². The summed E-state index contributed by atoms with van der Waals surface area (Å²) in [4.78, 5) is 21.8. The molecule has 0 atom stereocenters. The predicted octanol–water partition coefficient (Wildman–Crippen LogP) is -0.984. The van der Waals surface area contributed by atoms with Crippen molar-refractivity contribution >= 4 is 33.3 Å². The first-order valence-electron chi connectivity index (χ1n) is 4.34. The van der Waals surface area contributed by atoms with Crippen LogP contribution in [0.25, 0.3) is 0 Å². The summed E-state index contributed by atoms with van der Waals surface area (Å²) in [7, 11) is -3.46. The van der Waals surface area contributed by atoms with E-state index in [-0.39, 0.29) is 18.3 Å². The maximum atomic E-state index is 11.1. The van der Waals surface area contributed by atoms with Crippen molar-refractivity contribution in [2.24, 2.45) is 0 Å². The molecule has 92 valence electrons. The molecule has 0 aliphatic heterocycles. The van der Waals surface area contributed by atoms with Gasteiger partial charge in [0, 0.05) is 5.88 Å². The highest BCUT2D eigenvalue weighted by atomic mass is 35.5. The highest BCUT2D eigenvalue weighted by Gasteiger charge is 2.15. The number of amides is 2. The van der Waals surface area contributed by atoms with E-state index < -0.39 is 27.4 Å². The maximum absolute atomic E-state index is 11.1. The molecule has 0 aromatic carbocycles. The van der Waals surface area contributed by atoms with E-state index in [4.69, 9.17) is 11.6 Å². The fourth-order valence-electron chi connectivity index (χ4n) is 0.743. The van der Waals surface area contributed by atoms with Gasteiger partial charge >= 0.3 is 0 Å². The number of alkyl halides is 1. The van der Waals surface area contributed by atoms with Gasteiger partial charge in [0.25, 0.3) is 0 Å². The monoisotopic (exact) mass is 268 g/mol. The van der Waals surface area contributed by atoms with Gasteiger partial charge in [0.15, 0.2) is 9.84 Å². The molecule has 16 heavy (non-hydrogen) atoms. The molecule has 0 bridgehead atoms. The van der Waals surface area contributed by atoms with E-state index in [1.54, 1.807) is 0 Å². The maximum Gasteiger partial charge on any atom is 0.244 e. The first-order valence-corrected chi connectivity index (χ1v) is 6.70. The lowest BCUT2D eigenvalue weighted by molar-refractivity contribution is -0.119. The zero-order chi connectivity index (χ0) is 12.6. The molecule has 0 spiro atoms. The summed E-state index contributed by atoms with van der Waals surface area (Å²) >= 11 is 5.26. The van der Waals surface area contributed by atoms with Crippen molar-refractivity contribution in [3.63, 3.8) is 0 Å². The van der Waals surface area contributed by atoms with Crippen molar-refractivity contribution in [3.05, 3.63) is 12.7 Å². The first kappa shape index (κ1) is 14.9. The van der Waals surface area contributed by atoms with E-state index in [1.165, 1.54) is 0 Å². The van der Waals surface area contributed by atoms with E-state index in [2.05, 4.69) is 17.2 Å². The minimum absolute atomic E-state index is 0.0528. The largest absolute Gasteiger partial charge is 0.338 e. The fraction of sp³-hybridized carbons (Fsp3) is 0.500. The number of sulfone groups is 1. The van der Waals surface area contributed by atoms with Crippen LogP contribution in [-0.2, 0) is 19.4 Å². The fourth-order valence-corrected chi connectivity index (χ4v) is 2.33. The molecule has 0 fully saturated rings. The van der Waals surface area contributed by atoms with E-state index in [1.807, 2.05) is 0 Å². The van der Waals surface area contributed by atoms with Crippen molar-refractivity contribution in [2.75, 3.05) is 24.1 Å². The summed E-state index contributed by atoms with van der Waals surface area (Å²) in [5.74, 6) is -2.08. The molecule has 0 unspecified atom stereocenters. The molecule has 0 saturated carbocycles. The van der Waals surface area contributed by atoms with Gasteiger partial charge in [-0.2, -0.15) is 0 Å². The molecular weight excluding hydrogens is 256 g/mol. The van der Waals surface area contributed by atoms with Crippen LogP contribution in [0.3, 0.4) is 0 Å². The summed E-state index contributed by atoms with van der Waals surface area (Å²) in [6.45, 7) is 3.07. The quantitative estimate of drug-likeness (QED) is 0.352. The van der Waals surface area contributed by atoms with E-state index in [9.17, 15) is 18.0 Å². The highest BCUT2D eigenvalue weighted by Crippen LogP contribution is 1.91. The van der Waals surface area contributed by atoms with E-state index in [0.29, 0.717) is 0 Å². The topological polar surface area (TPSA) is 92.3 Å². The second-order valence-corrected chi connectivity index (χ2v) is 5.36.